The molecule has 0 N–H and O–H groups in total. The van der Waals surface area contributed by atoms with Crippen LogP contribution in [0.15, 0.2) is 18.5 Å². The van der Waals surface area contributed by atoms with Crippen molar-refractivity contribution in [3.05, 3.63) is 24.0 Å². The van der Waals surface area contributed by atoms with E-state index >= 15 is 0 Å². The Kier molecular flexibility index (Phi) is 5.05. The van der Waals surface area contributed by atoms with E-state index in [0.717, 1.165) is 6.42 Å². The maximum Gasteiger partial charge on any atom is 0.255 e. The number of unbranched alkanes of at least 4 members (excludes halogenated alkanes) is 1. The molecule has 1 aromatic heterocycles. The van der Waals surface area contributed by atoms with Crippen LogP contribution in [0.3, 0.4) is 0 Å². The molecule has 0 bridgehead atoms. The summed E-state index contributed by atoms with van der Waals surface area (Å²) in [6, 6.07) is 1.78. The third kappa shape index (κ3) is 3.85. The van der Waals surface area contributed by atoms with Crippen molar-refractivity contribution in [1.82, 2.24) is 13.8 Å². The molecule has 1 aliphatic heterocycles. The fourth-order valence-electron chi connectivity index (χ4n) is 2.44. The van der Waals surface area contributed by atoms with Crippen LogP contribution in [0.5, 0.6) is 0 Å². The molecule has 21 heavy (non-hydrogen) atoms. The highest BCUT2D eigenvalue weighted by Crippen LogP contribution is 2.13. The van der Waals surface area contributed by atoms with Crippen molar-refractivity contribution in [3.63, 3.8) is 0 Å². The van der Waals surface area contributed by atoms with Gasteiger partial charge in [-0.05, 0) is 12.5 Å². The minimum atomic E-state index is -3.16. The molecule has 0 spiro atoms. The van der Waals surface area contributed by atoms with Gasteiger partial charge in [0.2, 0.25) is 10.0 Å². The van der Waals surface area contributed by atoms with E-state index in [1.165, 1.54) is 4.31 Å². The van der Waals surface area contributed by atoms with Gasteiger partial charge < -0.3 is 9.47 Å². The predicted molar refractivity (Wildman–Crippen MR) is 81.6 cm³/mol. The number of amides is 1. The molecule has 1 aliphatic rings. The van der Waals surface area contributed by atoms with Crippen molar-refractivity contribution in [3.8, 4) is 0 Å². The van der Waals surface area contributed by atoms with Gasteiger partial charge in [0.15, 0.2) is 0 Å². The molecular formula is C14H23N3O3S. The van der Waals surface area contributed by atoms with E-state index in [1.54, 1.807) is 17.2 Å². The Morgan fingerprint density at radius 3 is 2.43 bits per heavy atom. The number of aryl methyl sites for hydroxylation is 1. The molecule has 118 valence electrons. The van der Waals surface area contributed by atoms with Crippen molar-refractivity contribution in [2.24, 2.45) is 7.05 Å². The molecule has 2 heterocycles. The molecule has 0 radical (unpaired) electrons. The Bertz CT molecular complexity index is 586. The molecule has 1 amide bonds. The van der Waals surface area contributed by atoms with Crippen LogP contribution < -0.4 is 0 Å². The molecular weight excluding hydrogens is 290 g/mol. The molecule has 2 rings (SSSR count). The second-order valence-corrected chi connectivity index (χ2v) is 7.51. The maximum absolute atomic E-state index is 12.3. The van der Waals surface area contributed by atoms with Crippen LogP contribution in [-0.4, -0.2) is 60.0 Å². The SMILES string of the molecule is CCCCS(=O)(=O)N1CCN(C(=O)c2ccn(C)c2)CC1. The lowest BCUT2D eigenvalue weighted by Gasteiger charge is -2.33. The largest absolute Gasteiger partial charge is 0.356 e. The zero-order valence-corrected chi connectivity index (χ0v) is 13.5. The maximum atomic E-state index is 12.3. The first-order chi connectivity index (χ1) is 9.94. The predicted octanol–water partition coefficient (Wildman–Crippen LogP) is 0.913. The molecule has 1 saturated heterocycles. The van der Waals surface area contributed by atoms with Crippen LogP contribution in [0.2, 0.25) is 0 Å². The number of sulfonamides is 1. The summed E-state index contributed by atoms with van der Waals surface area (Å²) in [7, 11) is -1.29. The van der Waals surface area contributed by atoms with Crippen molar-refractivity contribution < 1.29 is 13.2 Å². The number of rotatable bonds is 5. The van der Waals surface area contributed by atoms with Gasteiger partial charge in [-0.2, -0.15) is 4.31 Å². The number of hydrogen-bond acceptors (Lipinski definition) is 3. The van der Waals surface area contributed by atoms with Gasteiger partial charge in [0.1, 0.15) is 0 Å². The fraction of sp³-hybridized carbons (Fsp3) is 0.643. The highest BCUT2D eigenvalue weighted by molar-refractivity contribution is 7.89. The number of carbonyl (C=O) groups excluding carboxylic acids is 1. The molecule has 1 fully saturated rings. The number of aromatic nitrogens is 1. The zero-order valence-electron chi connectivity index (χ0n) is 12.7. The van der Waals surface area contributed by atoms with Gasteiger partial charge in [0.05, 0.1) is 11.3 Å². The Balaban J connectivity index is 1.93. The second kappa shape index (κ2) is 6.62. The van der Waals surface area contributed by atoms with Gasteiger partial charge in [-0.1, -0.05) is 13.3 Å². The standard InChI is InChI=1S/C14H23N3O3S/c1-3-4-11-21(19,20)17-9-7-16(8-10-17)14(18)13-5-6-15(2)12-13/h5-6,12H,3-4,7-11H2,1-2H3. The molecule has 1 aromatic rings. The van der Waals surface area contributed by atoms with E-state index < -0.39 is 10.0 Å². The van der Waals surface area contributed by atoms with Gasteiger partial charge in [0, 0.05) is 45.6 Å². The summed E-state index contributed by atoms with van der Waals surface area (Å²) in [5.41, 5.74) is 0.653. The molecule has 0 saturated carbocycles. The molecule has 7 heteroatoms. The smallest absolute Gasteiger partial charge is 0.255 e. The van der Waals surface area contributed by atoms with Crippen LogP contribution in [0.4, 0.5) is 0 Å². The van der Waals surface area contributed by atoms with E-state index in [9.17, 15) is 13.2 Å². The van der Waals surface area contributed by atoms with E-state index in [2.05, 4.69) is 0 Å². The van der Waals surface area contributed by atoms with Gasteiger partial charge in [0.25, 0.3) is 5.91 Å². The van der Waals surface area contributed by atoms with Crippen molar-refractivity contribution in [1.29, 1.82) is 0 Å². The fourth-order valence-corrected chi connectivity index (χ4v) is 4.07. The van der Waals surface area contributed by atoms with E-state index in [4.69, 9.17) is 0 Å². The van der Waals surface area contributed by atoms with Crippen molar-refractivity contribution >= 4 is 15.9 Å². The van der Waals surface area contributed by atoms with Gasteiger partial charge >= 0.3 is 0 Å². The van der Waals surface area contributed by atoms with Crippen molar-refractivity contribution in [2.45, 2.75) is 19.8 Å². The number of piperazine rings is 1. The van der Waals surface area contributed by atoms with Crippen LogP contribution in [-0.2, 0) is 17.1 Å². The summed E-state index contributed by atoms with van der Waals surface area (Å²) in [4.78, 5) is 14.0. The van der Waals surface area contributed by atoms with Crippen LogP contribution in [0.1, 0.15) is 30.1 Å². The first-order valence-electron chi connectivity index (χ1n) is 7.33. The lowest BCUT2D eigenvalue weighted by molar-refractivity contribution is 0.0698. The normalized spacial score (nSPS) is 17.1. The molecule has 0 unspecified atom stereocenters. The summed E-state index contributed by atoms with van der Waals surface area (Å²) in [6.45, 7) is 3.68. The Morgan fingerprint density at radius 2 is 1.90 bits per heavy atom. The van der Waals surface area contributed by atoms with E-state index in [0.29, 0.717) is 38.2 Å². The highest BCUT2D eigenvalue weighted by Gasteiger charge is 2.28. The lowest BCUT2D eigenvalue weighted by atomic mass is 10.2. The quantitative estimate of drug-likeness (QED) is 0.812. The molecule has 0 aromatic carbocycles. The minimum absolute atomic E-state index is 0.0267. The second-order valence-electron chi connectivity index (χ2n) is 5.43. The van der Waals surface area contributed by atoms with Crippen LogP contribution in [0.25, 0.3) is 0 Å². The third-order valence-electron chi connectivity index (χ3n) is 3.75. The Morgan fingerprint density at radius 1 is 1.24 bits per heavy atom. The summed E-state index contributed by atoms with van der Waals surface area (Å²) in [6.07, 6.45) is 5.17. The van der Waals surface area contributed by atoms with Crippen LogP contribution in [0, 0.1) is 0 Å². The van der Waals surface area contributed by atoms with E-state index in [1.807, 2.05) is 24.7 Å². The minimum Gasteiger partial charge on any atom is -0.356 e. The van der Waals surface area contributed by atoms with E-state index in [-0.39, 0.29) is 11.7 Å². The van der Waals surface area contributed by atoms with Gasteiger partial charge in [-0.25, -0.2) is 8.42 Å². The number of carbonyl (C=O) groups is 1. The van der Waals surface area contributed by atoms with Crippen LogP contribution >= 0.6 is 0 Å². The number of hydrogen-bond donors (Lipinski definition) is 0. The monoisotopic (exact) mass is 313 g/mol. The Hall–Kier alpha value is -1.34. The highest BCUT2D eigenvalue weighted by atomic mass is 32.2. The van der Waals surface area contributed by atoms with Gasteiger partial charge in [-0.15, -0.1) is 0 Å². The molecule has 6 nitrogen and oxygen atoms in total. The third-order valence-corrected chi connectivity index (χ3v) is 5.71. The zero-order chi connectivity index (χ0) is 15.5. The topological polar surface area (TPSA) is 62.6 Å². The summed E-state index contributed by atoms with van der Waals surface area (Å²) >= 11 is 0. The van der Waals surface area contributed by atoms with Gasteiger partial charge in [-0.3, -0.25) is 4.79 Å². The van der Waals surface area contributed by atoms with Crippen molar-refractivity contribution in [2.75, 3.05) is 31.9 Å². The average Bonchev–Trinajstić information content (AvgIpc) is 2.91. The lowest BCUT2D eigenvalue weighted by Crippen LogP contribution is -2.51. The first kappa shape index (κ1) is 16.0. The molecule has 0 aliphatic carbocycles. The summed E-state index contributed by atoms with van der Waals surface area (Å²) < 4.78 is 27.6. The summed E-state index contributed by atoms with van der Waals surface area (Å²) in [5.74, 6) is 0.178. The molecule has 0 atom stereocenters. The average molecular weight is 313 g/mol. The summed E-state index contributed by atoms with van der Waals surface area (Å²) in [5, 5.41) is 0. The Labute approximate surface area is 126 Å². The number of nitrogens with zero attached hydrogens (tertiary/aromatic N) is 3. The first-order valence-corrected chi connectivity index (χ1v) is 8.94.